The Morgan fingerprint density at radius 1 is 1.23 bits per heavy atom. The number of nitrogens with zero attached hydrogens (tertiary/aromatic N) is 1. The van der Waals surface area contributed by atoms with Crippen molar-refractivity contribution in [3.05, 3.63) is 35.9 Å². The van der Waals surface area contributed by atoms with Crippen LogP contribution in [0.15, 0.2) is 30.3 Å². The van der Waals surface area contributed by atoms with Gasteiger partial charge in [0.05, 0.1) is 12.6 Å². The van der Waals surface area contributed by atoms with Crippen LogP contribution >= 0.6 is 0 Å². The Kier molecular flexibility index (Phi) is 7.17. The molecule has 0 aliphatic heterocycles. The average molecular weight is 362 g/mol. The molecule has 0 heterocycles. The molecule has 6 heteroatoms. The normalized spacial score (nSPS) is 17.1. The average Bonchev–Trinajstić information content (AvgIpc) is 3.14. The Morgan fingerprint density at radius 3 is 2.38 bits per heavy atom. The second-order valence-electron chi connectivity index (χ2n) is 7.29. The first-order chi connectivity index (χ1) is 12.4. The fraction of sp³-hybridized carbons (Fsp3) is 0.600. The van der Waals surface area contributed by atoms with Crippen molar-refractivity contribution in [3.8, 4) is 0 Å². The van der Waals surface area contributed by atoms with Crippen molar-refractivity contribution < 1.29 is 19.4 Å². The van der Waals surface area contributed by atoms with Gasteiger partial charge >= 0.3 is 6.09 Å². The minimum atomic E-state index is -0.972. The zero-order chi connectivity index (χ0) is 19.2. The molecule has 1 fully saturated rings. The van der Waals surface area contributed by atoms with E-state index in [1.54, 1.807) is 0 Å². The van der Waals surface area contributed by atoms with Crippen molar-refractivity contribution in [1.82, 2.24) is 4.90 Å². The topological polar surface area (TPSA) is 92.9 Å². The molecule has 0 aromatic heterocycles. The maximum atomic E-state index is 13.1. The predicted molar refractivity (Wildman–Crippen MR) is 99.4 cm³/mol. The van der Waals surface area contributed by atoms with Gasteiger partial charge in [0.15, 0.2) is 5.78 Å². The zero-order valence-electron chi connectivity index (χ0n) is 15.7. The molecule has 3 N–H and O–H groups in total. The summed E-state index contributed by atoms with van der Waals surface area (Å²) in [6.45, 7) is 3.75. The van der Waals surface area contributed by atoms with Gasteiger partial charge in [-0.25, -0.2) is 4.79 Å². The Hall–Kier alpha value is -1.92. The summed E-state index contributed by atoms with van der Waals surface area (Å²) in [7, 11) is 0. The third kappa shape index (κ3) is 4.43. The maximum absolute atomic E-state index is 13.1. The van der Waals surface area contributed by atoms with Crippen LogP contribution in [0.1, 0.15) is 45.1 Å². The van der Waals surface area contributed by atoms with E-state index in [9.17, 15) is 14.7 Å². The largest absolute Gasteiger partial charge is 0.445 e. The fourth-order valence-corrected chi connectivity index (χ4v) is 3.60. The molecule has 1 aliphatic rings. The lowest BCUT2D eigenvalue weighted by atomic mass is 9.82. The number of β-amino-alcohol motifs (C(OH)–C–C–N with tert-alkyl or cyclic N) is 1. The summed E-state index contributed by atoms with van der Waals surface area (Å²) in [5.74, 6) is -0.147. The van der Waals surface area contributed by atoms with E-state index in [0.29, 0.717) is 12.8 Å². The first kappa shape index (κ1) is 20.4. The molecule has 0 spiro atoms. The number of hydrogen-bond donors (Lipinski definition) is 2. The number of ketones is 1. The Bertz CT molecular complexity index is 597. The second-order valence-corrected chi connectivity index (χ2v) is 7.29. The second kappa shape index (κ2) is 9.14. The third-order valence-corrected chi connectivity index (χ3v) is 5.18. The molecule has 0 unspecified atom stereocenters. The lowest BCUT2D eigenvalue weighted by molar-refractivity contribution is -0.133. The summed E-state index contributed by atoms with van der Waals surface area (Å²) in [6, 6.07) is 8.74. The van der Waals surface area contributed by atoms with Crippen LogP contribution in [0.3, 0.4) is 0 Å². The summed E-state index contributed by atoms with van der Waals surface area (Å²) in [5, 5.41) is 9.48. The highest BCUT2D eigenvalue weighted by atomic mass is 16.6. The minimum Gasteiger partial charge on any atom is -0.445 e. The number of ether oxygens (including phenoxy) is 1. The highest BCUT2D eigenvalue weighted by molar-refractivity contribution is 5.96. The van der Waals surface area contributed by atoms with Crippen molar-refractivity contribution in [3.63, 3.8) is 0 Å². The van der Waals surface area contributed by atoms with E-state index in [1.807, 2.05) is 44.2 Å². The van der Waals surface area contributed by atoms with Crippen LogP contribution in [-0.2, 0) is 16.1 Å². The van der Waals surface area contributed by atoms with Crippen LogP contribution < -0.4 is 5.73 Å². The van der Waals surface area contributed by atoms with Crippen molar-refractivity contribution in [2.75, 3.05) is 13.2 Å². The molecular weight excluding hydrogens is 332 g/mol. The number of carbonyl (C=O) groups is 2. The van der Waals surface area contributed by atoms with Crippen LogP contribution in [0.2, 0.25) is 0 Å². The highest BCUT2D eigenvalue weighted by Crippen LogP contribution is 2.38. The van der Waals surface area contributed by atoms with Gasteiger partial charge in [-0.3, -0.25) is 9.69 Å². The SMILES string of the molecule is CC(C)[C@H](N)C(=O)C1(N(CCO)C(=O)OCc2ccccc2)CCCC1. The van der Waals surface area contributed by atoms with E-state index in [4.69, 9.17) is 10.5 Å². The number of amides is 1. The molecule has 1 atom stereocenters. The van der Waals surface area contributed by atoms with Gasteiger partial charge < -0.3 is 15.6 Å². The number of aliphatic hydroxyl groups is 1. The lowest BCUT2D eigenvalue weighted by Crippen LogP contribution is -2.61. The molecule has 1 amide bonds. The number of Topliss-reactive ketones (excluding diaryl/α,β-unsaturated/α-hetero) is 1. The molecule has 6 nitrogen and oxygen atoms in total. The molecule has 144 valence electrons. The molecular formula is C20H30N2O4. The number of nitrogens with two attached hydrogens (primary N) is 1. The van der Waals surface area contributed by atoms with E-state index in [0.717, 1.165) is 18.4 Å². The first-order valence-corrected chi connectivity index (χ1v) is 9.31. The molecule has 0 bridgehead atoms. The third-order valence-electron chi connectivity index (χ3n) is 5.18. The van der Waals surface area contributed by atoms with Gasteiger partial charge in [0, 0.05) is 6.54 Å². The molecule has 2 rings (SSSR count). The van der Waals surface area contributed by atoms with Crippen molar-refractivity contribution in [2.24, 2.45) is 11.7 Å². The molecule has 1 saturated carbocycles. The summed E-state index contributed by atoms with van der Waals surface area (Å²) < 4.78 is 5.45. The van der Waals surface area contributed by atoms with Crippen molar-refractivity contribution >= 4 is 11.9 Å². The lowest BCUT2D eigenvalue weighted by Gasteiger charge is -2.41. The zero-order valence-corrected chi connectivity index (χ0v) is 15.7. The van der Waals surface area contributed by atoms with Gasteiger partial charge in [0.25, 0.3) is 0 Å². The van der Waals surface area contributed by atoms with E-state index in [1.165, 1.54) is 4.90 Å². The Morgan fingerprint density at radius 2 is 1.85 bits per heavy atom. The van der Waals surface area contributed by atoms with Crippen LogP contribution in [0.4, 0.5) is 4.79 Å². The molecule has 26 heavy (non-hydrogen) atoms. The monoisotopic (exact) mass is 362 g/mol. The number of aliphatic hydroxyl groups excluding tert-OH is 1. The van der Waals surface area contributed by atoms with E-state index in [-0.39, 0.29) is 31.5 Å². The molecule has 0 saturated heterocycles. The molecule has 1 aromatic carbocycles. The van der Waals surface area contributed by atoms with Gasteiger partial charge in [0.1, 0.15) is 12.1 Å². The standard InChI is InChI=1S/C20H30N2O4/c1-15(2)17(21)18(24)20(10-6-7-11-20)22(12-13-23)19(25)26-14-16-8-4-3-5-9-16/h3-5,8-9,15,17,23H,6-7,10-14,21H2,1-2H3/t17-/m0/s1. The number of hydrogen-bond acceptors (Lipinski definition) is 5. The van der Waals surface area contributed by atoms with Crippen molar-refractivity contribution in [2.45, 2.75) is 57.7 Å². The quantitative estimate of drug-likeness (QED) is 0.741. The Balaban J connectivity index is 2.20. The van der Waals surface area contributed by atoms with Gasteiger partial charge in [-0.05, 0) is 24.3 Å². The first-order valence-electron chi connectivity index (χ1n) is 9.31. The predicted octanol–water partition coefficient (Wildman–Crippen LogP) is 2.48. The van der Waals surface area contributed by atoms with Gasteiger partial charge in [0.2, 0.25) is 0 Å². The molecule has 1 aromatic rings. The van der Waals surface area contributed by atoms with E-state index < -0.39 is 17.7 Å². The molecule has 0 radical (unpaired) electrons. The Labute approximate surface area is 155 Å². The van der Waals surface area contributed by atoms with Crippen molar-refractivity contribution in [1.29, 1.82) is 0 Å². The van der Waals surface area contributed by atoms with Crippen LogP contribution in [0, 0.1) is 5.92 Å². The van der Waals surface area contributed by atoms with E-state index in [2.05, 4.69) is 0 Å². The summed E-state index contributed by atoms with van der Waals surface area (Å²) in [4.78, 5) is 27.4. The van der Waals surface area contributed by atoms with Crippen LogP contribution in [-0.4, -0.2) is 46.6 Å². The smallest absolute Gasteiger partial charge is 0.411 e. The number of carbonyl (C=O) groups excluding carboxylic acids is 2. The summed E-state index contributed by atoms with van der Waals surface area (Å²) in [5.41, 5.74) is 6.03. The van der Waals surface area contributed by atoms with Gasteiger partial charge in [-0.2, -0.15) is 0 Å². The minimum absolute atomic E-state index is 0.0173. The van der Waals surface area contributed by atoms with E-state index >= 15 is 0 Å². The number of benzene rings is 1. The molecule has 1 aliphatic carbocycles. The van der Waals surface area contributed by atoms with Crippen LogP contribution in [0.25, 0.3) is 0 Å². The van der Waals surface area contributed by atoms with Crippen LogP contribution in [0.5, 0.6) is 0 Å². The highest BCUT2D eigenvalue weighted by Gasteiger charge is 2.50. The summed E-state index contributed by atoms with van der Waals surface area (Å²) >= 11 is 0. The summed E-state index contributed by atoms with van der Waals surface area (Å²) in [6.07, 6.45) is 2.25. The number of rotatable bonds is 8. The fourth-order valence-electron chi connectivity index (χ4n) is 3.60. The maximum Gasteiger partial charge on any atom is 0.411 e. The van der Waals surface area contributed by atoms with Gasteiger partial charge in [-0.1, -0.05) is 57.0 Å². The van der Waals surface area contributed by atoms with Gasteiger partial charge in [-0.15, -0.1) is 0 Å².